The number of aryl methyl sites for hydroxylation is 1. The molecule has 1 N–H and O–H groups in total. The molecule has 2 aromatic rings. The molecule has 126 valence electrons. The van der Waals surface area contributed by atoms with Gasteiger partial charge < -0.3 is 10.2 Å². The van der Waals surface area contributed by atoms with Crippen LogP contribution in [0.1, 0.15) is 30.9 Å². The Bertz CT molecular complexity index is 643. The number of rotatable bonds is 4. The van der Waals surface area contributed by atoms with Gasteiger partial charge >= 0.3 is 6.03 Å². The van der Waals surface area contributed by atoms with Gasteiger partial charge in [0.15, 0.2) is 0 Å². The van der Waals surface area contributed by atoms with Crippen molar-refractivity contribution in [2.45, 2.75) is 32.6 Å². The van der Waals surface area contributed by atoms with Gasteiger partial charge in [0, 0.05) is 18.8 Å². The number of hydrogen-bond donors (Lipinski definition) is 1. The van der Waals surface area contributed by atoms with Crippen LogP contribution in [0.25, 0.3) is 0 Å². The Morgan fingerprint density at radius 1 is 1.00 bits per heavy atom. The van der Waals surface area contributed by atoms with Crippen molar-refractivity contribution in [3.8, 4) is 0 Å². The highest BCUT2D eigenvalue weighted by Gasteiger charge is 2.22. The molecule has 0 saturated carbocycles. The first kappa shape index (κ1) is 16.6. The van der Waals surface area contributed by atoms with E-state index in [-0.39, 0.29) is 6.03 Å². The molecule has 0 aromatic heterocycles. The van der Waals surface area contributed by atoms with Gasteiger partial charge in [-0.2, -0.15) is 0 Å². The molecule has 2 amide bonds. The molecule has 1 saturated heterocycles. The Labute approximate surface area is 144 Å². The van der Waals surface area contributed by atoms with E-state index in [4.69, 9.17) is 0 Å². The number of urea groups is 1. The first-order chi connectivity index (χ1) is 11.7. The van der Waals surface area contributed by atoms with Crippen molar-refractivity contribution in [2.24, 2.45) is 5.92 Å². The summed E-state index contributed by atoms with van der Waals surface area (Å²) >= 11 is 0. The second-order valence-electron chi connectivity index (χ2n) is 6.60. The minimum Gasteiger partial charge on any atom is -0.325 e. The molecule has 0 unspecified atom stereocenters. The van der Waals surface area contributed by atoms with Crippen LogP contribution in [0.15, 0.2) is 54.6 Å². The van der Waals surface area contributed by atoms with E-state index in [1.54, 1.807) is 0 Å². The maximum absolute atomic E-state index is 12.4. The van der Waals surface area contributed by atoms with E-state index in [0.29, 0.717) is 5.92 Å². The number of nitrogens with zero attached hydrogens (tertiary/aromatic N) is 1. The molecule has 1 heterocycles. The van der Waals surface area contributed by atoms with Gasteiger partial charge in [-0.15, -0.1) is 0 Å². The summed E-state index contributed by atoms with van der Waals surface area (Å²) in [6.07, 6.45) is 4.30. The van der Waals surface area contributed by atoms with Gasteiger partial charge in [0.2, 0.25) is 0 Å². The van der Waals surface area contributed by atoms with Gasteiger partial charge in [0.25, 0.3) is 0 Å². The molecular formula is C21H26N2O. The van der Waals surface area contributed by atoms with Crippen molar-refractivity contribution in [1.29, 1.82) is 0 Å². The Kier molecular flexibility index (Phi) is 5.52. The molecule has 0 aliphatic carbocycles. The second-order valence-corrected chi connectivity index (χ2v) is 6.60. The zero-order chi connectivity index (χ0) is 16.8. The molecule has 3 nitrogen and oxygen atoms in total. The summed E-state index contributed by atoms with van der Waals surface area (Å²) < 4.78 is 0. The highest BCUT2D eigenvalue weighted by atomic mass is 16.2. The number of hydrogen-bond acceptors (Lipinski definition) is 1. The van der Waals surface area contributed by atoms with Crippen LogP contribution in [0.2, 0.25) is 0 Å². The summed E-state index contributed by atoms with van der Waals surface area (Å²) in [6.45, 7) is 3.82. The Hall–Kier alpha value is -2.29. The largest absolute Gasteiger partial charge is 0.325 e. The minimum absolute atomic E-state index is 0.0254. The third-order valence-electron chi connectivity index (χ3n) is 4.88. The summed E-state index contributed by atoms with van der Waals surface area (Å²) in [4.78, 5) is 14.3. The molecule has 0 atom stereocenters. The Balaban J connectivity index is 1.47. The van der Waals surface area contributed by atoms with Crippen molar-refractivity contribution in [3.05, 3.63) is 65.7 Å². The van der Waals surface area contributed by atoms with Crippen LogP contribution in [-0.4, -0.2) is 24.0 Å². The van der Waals surface area contributed by atoms with Gasteiger partial charge in [-0.05, 0) is 54.9 Å². The average Bonchev–Trinajstić information content (AvgIpc) is 2.64. The molecular weight excluding hydrogens is 296 g/mol. The lowest BCUT2D eigenvalue weighted by Gasteiger charge is -2.32. The van der Waals surface area contributed by atoms with Crippen molar-refractivity contribution in [1.82, 2.24) is 4.90 Å². The number of carbonyl (C=O) groups excluding carboxylic acids is 1. The quantitative estimate of drug-likeness (QED) is 0.866. The van der Waals surface area contributed by atoms with Gasteiger partial charge in [-0.3, -0.25) is 0 Å². The maximum atomic E-state index is 12.4. The topological polar surface area (TPSA) is 32.3 Å². The van der Waals surface area contributed by atoms with Crippen LogP contribution in [0.3, 0.4) is 0 Å². The fourth-order valence-electron chi connectivity index (χ4n) is 3.31. The first-order valence-corrected chi connectivity index (χ1v) is 8.93. The van der Waals surface area contributed by atoms with E-state index in [1.807, 2.05) is 17.0 Å². The molecule has 3 heteroatoms. The fourth-order valence-corrected chi connectivity index (χ4v) is 3.31. The van der Waals surface area contributed by atoms with E-state index in [1.165, 1.54) is 11.1 Å². The lowest BCUT2D eigenvalue weighted by atomic mass is 9.90. The summed E-state index contributed by atoms with van der Waals surface area (Å²) in [6, 6.07) is 18.8. The zero-order valence-electron chi connectivity index (χ0n) is 14.4. The van der Waals surface area contributed by atoms with Gasteiger partial charge in [0.05, 0.1) is 0 Å². The molecule has 0 radical (unpaired) electrons. The van der Waals surface area contributed by atoms with Crippen LogP contribution in [-0.2, 0) is 12.8 Å². The van der Waals surface area contributed by atoms with Crippen LogP contribution in [0, 0.1) is 5.92 Å². The minimum atomic E-state index is 0.0254. The second kappa shape index (κ2) is 8.00. The summed E-state index contributed by atoms with van der Waals surface area (Å²) in [5, 5.41) is 3.01. The predicted molar refractivity (Wildman–Crippen MR) is 99.3 cm³/mol. The molecule has 0 spiro atoms. The first-order valence-electron chi connectivity index (χ1n) is 8.93. The van der Waals surface area contributed by atoms with Crippen molar-refractivity contribution < 1.29 is 4.79 Å². The highest BCUT2D eigenvalue weighted by Crippen LogP contribution is 2.22. The highest BCUT2D eigenvalue weighted by molar-refractivity contribution is 5.89. The Morgan fingerprint density at radius 3 is 2.29 bits per heavy atom. The molecule has 1 aliphatic heterocycles. The Morgan fingerprint density at radius 2 is 1.67 bits per heavy atom. The van der Waals surface area contributed by atoms with E-state index in [2.05, 4.69) is 54.7 Å². The monoisotopic (exact) mass is 322 g/mol. The molecule has 0 bridgehead atoms. The van der Waals surface area contributed by atoms with Gasteiger partial charge in [-0.1, -0.05) is 49.4 Å². The fraction of sp³-hybridized carbons (Fsp3) is 0.381. The van der Waals surface area contributed by atoms with E-state index >= 15 is 0 Å². The van der Waals surface area contributed by atoms with Crippen molar-refractivity contribution in [3.63, 3.8) is 0 Å². The number of anilines is 1. The normalized spacial score (nSPS) is 15.3. The summed E-state index contributed by atoms with van der Waals surface area (Å²) in [5.74, 6) is 0.681. The van der Waals surface area contributed by atoms with E-state index in [0.717, 1.165) is 44.5 Å². The van der Waals surface area contributed by atoms with Crippen molar-refractivity contribution >= 4 is 11.7 Å². The molecule has 3 rings (SSSR count). The average molecular weight is 322 g/mol. The number of amides is 2. The molecule has 24 heavy (non-hydrogen) atoms. The van der Waals surface area contributed by atoms with Crippen LogP contribution >= 0.6 is 0 Å². The van der Waals surface area contributed by atoms with E-state index < -0.39 is 0 Å². The maximum Gasteiger partial charge on any atom is 0.321 e. The van der Waals surface area contributed by atoms with E-state index in [9.17, 15) is 4.79 Å². The lowest BCUT2D eigenvalue weighted by Crippen LogP contribution is -2.41. The number of nitrogens with one attached hydrogen (secondary N) is 1. The third kappa shape index (κ3) is 4.38. The third-order valence-corrected chi connectivity index (χ3v) is 4.88. The standard InChI is InChI=1S/C21H26N2O/c1-2-17-8-10-20(11-9-17)22-21(24)23-14-12-19(13-15-23)16-18-6-4-3-5-7-18/h3-11,19H,2,12-16H2,1H3,(H,22,24). The molecule has 2 aromatic carbocycles. The number of likely N-dealkylation sites (tertiary alicyclic amines) is 1. The number of benzene rings is 2. The predicted octanol–water partition coefficient (Wildman–Crippen LogP) is 4.74. The molecule has 1 aliphatic rings. The van der Waals surface area contributed by atoms with Gasteiger partial charge in [-0.25, -0.2) is 4.79 Å². The summed E-state index contributed by atoms with van der Waals surface area (Å²) in [5.41, 5.74) is 3.56. The SMILES string of the molecule is CCc1ccc(NC(=O)N2CCC(Cc3ccccc3)CC2)cc1. The van der Waals surface area contributed by atoms with Crippen LogP contribution < -0.4 is 5.32 Å². The van der Waals surface area contributed by atoms with Gasteiger partial charge in [0.1, 0.15) is 0 Å². The number of carbonyl (C=O) groups is 1. The number of piperidine rings is 1. The lowest BCUT2D eigenvalue weighted by molar-refractivity contribution is 0.182. The van der Waals surface area contributed by atoms with Crippen LogP contribution in [0.5, 0.6) is 0 Å². The van der Waals surface area contributed by atoms with Crippen molar-refractivity contribution in [2.75, 3.05) is 18.4 Å². The summed E-state index contributed by atoms with van der Waals surface area (Å²) in [7, 11) is 0. The smallest absolute Gasteiger partial charge is 0.321 e. The van der Waals surface area contributed by atoms with Crippen LogP contribution in [0.4, 0.5) is 10.5 Å². The zero-order valence-corrected chi connectivity index (χ0v) is 14.4. The molecule has 1 fully saturated rings.